The molecule has 0 N–H and O–H groups in total. The molecule has 0 aliphatic rings. The molecule has 0 unspecified atom stereocenters. The average Bonchev–Trinajstić information content (AvgIpc) is 4.21. The van der Waals surface area contributed by atoms with Crippen LogP contribution in [0.2, 0.25) is 0 Å². The summed E-state index contributed by atoms with van der Waals surface area (Å²) in [5, 5.41) is 8.87. The highest BCUT2D eigenvalue weighted by atomic mass is 32.1. The molecule has 12 aromatic rings. The van der Waals surface area contributed by atoms with Crippen molar-refractivity contribution in [2.45, 2.75) is 6.92 Å². The van der Waals surface area contributed by atoms with Gasteiger partial charge in [0, 0.05) is 48.8 Å². The van der Waals surface area contributed by atoms with E-state index in [1.54, 1.807) is 44.2 Å². The molecule has 3 nitrogen and oxygen atoms in total. The Morgan fingerprint density at radius 2 is 0.857 bits per heavy atom. The van der Waals surface area contributed by atoms with Crippen LogP contribution in [0.25, 0.3) is 105 Å². The zero-order chi connectivity index (χ0) is 49.1. The number of fused-ring (bicyclic) bond motifs is 9. The molecule has 0 aliphatic carbocycles. The second-order valence-electron chi connectivity index (χ2n) is 13.7. The van der Waals surface area contributed by atoms with Crippen molar-refractivity contribution in [2.75, 3.05) is 0 Å². The maximum atomic E-state index is 9.82. The van der Waals surface area contributed by atoms with Crippen LogP contribution in [0.5, 0.6) is 0 Å². The first-order valence-electron chi connectivity index (χ1n) is 24.8. The molecule has 0 saturated heterocycles. The molecule has 5 aromatic heterocycles. The van der Waals surface area contributed by atoms with Crippen LogP contribution in [-0.2, 0) is 0 Å². The lowest BCUT2D eigenvalue weighted by atomic mass is 9.98. The van der Waals surface area contributed by atoms with Gasteiger partial charge in [0.25, 0.3) is 0 Å². The highest BCUT2D eigenvalue weighted by molar-refractivity contribution is 7.08. The monoisotopic (exact) mass is 765 g/mol. The summed E-state index contributed by atoms with van der Waals surface area (Å²) in [6.07, 6.45) is 0. The maximum absolute atomic E-state index is 9.82. The molecule has 0 fully saturated rings. The van der Waals surface area contributed by atoms with E-state index in [1.807, 2.05) is 66.2 Å². The Kier molecular flexibility index (Phi) is 4.53. The van der Waals surface area contributed by atoms with Crippen LogP contribution in [0.15, 0.2) is 179 Å². The number of nitrogens with zero attached hydrogens (tertiary/aromatic N) is 3. The number of hydrogen-bond acceptors (Lipinski definition) is 2. The Balaban J connectivity index is 1.16. The van der Waals surface area contributed by atoms with Crippen LogP contribution >= 0.6 is 22.7 Å². The van der Waals surface area contributed by atoms with Crippen molar-refractivity contribution in [3.05, 3.63) is 184 Å². The van der Waals surface area contributed by atoms with Gasteiger partial charge in [-0.1, -0.05) is 78.2 Å². The normalized spacial score (nSPS) is 15.5. The fourth-order valence-electron chi connectivity index (χ4n) is 7.91. The fourth-order valence-corrected chi connectivity index (χ4v) is 9.15. The third kappa shape index (κ3) is 4.68. The first-order valence-corrected chi connectivity index (χ1v) is 19.7. The Bertz CT molecular complexity index is 4030. The summed E-state index contributed by atoms with van der Waals surface area (Å²) >= 11 is 2.73. The van der Waals surface area contributed by atoms with Crippen LogP contribution in [-0.4, -0.2) is 13.7 Å². The summed E-state index contributed by atoms with van der Waals surface area (Å²) < 4.78 is 133. The van der Waals surface area contributed by atoms with E-state index in [-0.39, 0.29) is 115 Å². The predicted octanol–water partition coefficient (Wildman–Crippen LogP) is 14.7. The van der Waals surface area contributed by atoms with Crippen molar-refractivity contribution >= 4 is 88.1 Å². The van der Waals surface area contributed by atoms with Crippen molar-refractivity contribution in [1.82, 2.24) is 13.7 Å². The number of hydrogen-bond donors (Lipinski definition) is 0. The highest BCUT2D eigenvalue weighted by Crippen LogP contribution is 2.41. The van der Waals surface area contributed by atoms with E-state index >= 15 is 0 Å². The van der Waals surface area contributed by atoms with Gasteiger partial charge in [0.05, 0.1) is 63.7 Å². The molecule has 0 spiro atoms. The summed E-state index contributed by atoms with van der Waals surface area (Å²) in [6.45, 7) is 1.99. The summed E-state index contributed by atoms with van der Waals surface area (Å²) in [7, 11) is 0. The minimum Gasteiger partial charge on any atom is -0.309 e. The van der Waals surface area contributed by atoms with E-state index in [0.717, 1.165) is 22.3 Å². The third-order valence-corrected chi connectivity index (χ3v) is 11.8. The second-order valence-corrected chi connectivity index (χ2v) is 15.2. The van der Waals surface area contributed by atoms with E-state index in [1.165, 1.54) is 22.7 Å². The Labute approximate surface area is 350 Å². The predicted molar refractivity (Wildman–Crippen MR) is 241 cm³/mol. The van der Waals surface area contributed by atoms with Crippen LogP contribution < -0.4 is 0 Å². The molecule has 0 amide bonds. The largest absolute Gasteiger partial charge is 0.309 e. The minimum atomic E-state index is -0.480. The molecular weight excluding hydrogens is 719 g/mol. The number of para-hydroxylation sites is 2. The summed E-state index contributed by atoms with van der Waals surface area (Å²) in [6, 6.07) is 17.7. The number of aryl methyl sites for hydroxylation is 1. The van der Waals surface area contributed by atoms with E-state index in [0.29, 0.717) is 33.3 Å². The van der Waals surface area contributed by atoms with Gasteiger partial charge in [-0.3, -0.25) is 0 Å². The molecule has 12 rings (SSSR count). The molecule has 5 heterocycles. The topological polar surface area (TPSA) is 14.8 Å². The van der Waals surface area contributed by atoms with Gasteiger partial charge < -0.3 is 13.7 Å². The molecule has 0 atom stereocenters. The van der Waals surface area contributed by atoms with Gasteiger partial charge in [0.1, 0.15) is 0 Å². The Morgan fingerprint density at radius 1 is 0.393 bits per heavy atom. The SMILES string of the molecule is [2H]c1c([2H])c([2H])c2c(c1[2H])c1c([2H])c(-c3ccc4c(c3)c3cc(-c5c([2H])c([2H])c6c(c5[2H])c5c([2H])c([2H])c([2H])c([2H])c5n6-c5ccsc5)ccc3n4-c3ccc(C)cc3)c([2H])c([2H])c1n2-c1ccsc1. The lowest BCUT2D eigenvalue weighted by Gasteiger charge is -2.10. The van der Waals surface area contributed by atoms with Crippen molar-refractivity contribution in [3.63, 3.8) is 0 Å². The molecule has 56 heavy (non-hydrogen) atoms. The van der Waals surface area contributed by atoms with Gasteiger partial charge in [-0.25, -0.2) is 0 Å². The van der Waals surface area contributed by atoms with E-state index in [2.05, 4.69) is 4.57 Å². The third-order valence-electron chi connectivity index (χ3n) is 10.5. The van der Waals surface area contributed by atoms with Gasteiger partial charge in [-0.15, -0.1) is 0 Å². The molecule has 0 aliphatic heterocycles. The van der Waals surface area contributed by atoms with Crippen molar-refractivity contribution in [1.29, 1.82) is 0 Å². The molecule has 5 heteroatoms. The summed E-state index contributed by atoms with van der Waals surface area (Å²) in [5.74, 6) is 0. The van der Waals surface area contributed by atoms with Crippen LogP contribution in [0.4, 0.5) is 0 Å². The van der Waals surface area contributed by atoms with Gasteiger partial charge in [0.2, 0.25) is 0 Å². The first-order chi connectivity index (χ1) is 33.5. The first kappa shape index (κ1) is 20.9. The quantitative estimate of drug-likeness (QED) is 0.166. The molecule has 0 radical (unpaired) electrons. The van der Waals surface area contributed by atoms with E-state index in [9.17, 15) is 8.22 Å². The van der Waals surface area contributed by atoms with E-state index in [4.69, 9.17) is 11.0 Å². The standard InChI is InChI=1S/C51H33N3S2/c1-32-10-16-37(17-11-32)52-50-20-14-35(33-12-18-48-42(26-33)40-6-2-4-8-46(40)53(48)38-22-24-55-30-38)28-44(50)45-29-36(15-21-51(45)52)34-13-19-49-43(27-34)41-7-3-5-9-47(41)54(49)39-23-25-56-31-39/h2-31H,1H3/i2D,3D,4D,5D,6D,7D,8D,9D,12D,13D,18D,19D,26D,27D. The Hall–Kier alpha value is -6.66. The smallest absolute Gasteiger partial charge is 0.0645 e. The van der Waals surface area contributed by atoms with Gasteiger partial charge in [-0.05, 0) is 125 Å². The van der Waals surface area contributed by atoms with Crippen LogP contribution in [0, 0.1) is 6.92 Å². The number of rotatable bonds is 5. The minimum absolute atomic E-state index is 0.0748. The number of benzene rings is 7. The fraction of sp³-hybridized carbons (Fsp3) is 0.0196. The van der Waals surface area contributed by atoms with Gasteiger partial charge in [-0.2, -0.15) is 22.7 Å². The Morgan fingerprint density at radius 3 is 1.34 bits per heavy atom. The van der Waals surface area contributed by atoms with Crippen molar-refractivity contribution in [3.8, 4) is 39.3 Å². The van der Waals surface area contributed by atoms with Crippen molar-refractivity contribution < 1.29 is 19.2 Å². The molecule has 264 valence electrons. The van der Waals surface area contributed by atoms with Gasteiger partial charge in [0.15, 0.2) is 0 Å². The van der Waals surface area contributed by atoms with Crippen molar-refractivity contribution in [2.24, 2.45) is 0 Å². The average molecular weight is 766 g/mol. The summed E-state index contributed by atoms with van der Waals surface area (Å²) in [4.78, 5) is 0. The van der Waals surface area contributed by atoms with E-state index < -0.39 is 24.2 Å². The molecular formula is C51H33N3S2. The second kappa shape index (κ2) is 12.2. The summed E-state index contributed by atoms with van der Waals surface area (Å²) in [5.41, 5.74) is 5.84. The maximum Gasteiger partial charge on any atom is 0.0645 e. The van der Waals surface area contributed by atoms with Gasteiger partial charge >= 0.3 is 0 Å². The lowest BCUT2D eigenvalue weighted by molar-refractivity contribution is 1.17. The van der Waals surface area contributed by atoms with Crippen LogP contribution in [0.1, 0.15) is 24.8 Å². The molecule has 0 bridgehead atoms. The lowest BCUT2D eigenvalue weighted by Crippen LogP contribution is -1.94. The zero-order valence-electron chi connectivity index (χ0n) is 43.4. The number of aromatic nitrogens is 3. The zero-order valence-corrected chi connectivity index (χ0v) is 31.0. The number of thiophene rings is 2. The highest BCUT2D eigenvalue weighted by Gasteiger charge is 2.18. The molecule has 0 saturated carbocycles. The molecule has 7 aromatic carbocycles. The van der Waals surface area contributed by atoms with Crippen LogP contribution in [0.3, 0.4) is 0 Å².